The van der Waals surface area contributed by atoms with E-state index >= 15 is 0 Å². The van der Waals surface area contributed by atoms with E-state index in [4.69, 9.17) is 14.9 Å². The van der Waals surface area contributed by atoms with Gasteiger partial charge < -0.3 is 20.2 Å². The van der Waals surface area contributed by atoms with Crippen LogP contribution in [0.2, 0.25) is 0 Å². The SMILES string of the molecule is COCC(N)CCNC(=O)c1cc2cc(C)ccc2o1. The van der Waals surface area contributed by atoms with E-state index in [9.17, 15) is 4.79 Å². The molecule has 1 unspecified atom stereocenters. The van der Waals surface area contributed by atoms with Crippen LogP contribution in [0, 0.1) is 6.92 Å². The number of aryl methyl sites for hydroxylation is 1. The normalized spacial score (nSPS) is 12.6. The number of hydrogen-bond donors (Lipinski definition) is 2. The average molecular weight is 276 g/mol. The highest BCUT2D eigenvalue weighted by molar-refractivity contribution is 5.96. The summed E-state index contributed by atoms with van der Waals surface area (Å²) in [5, 5.41) is 3.73. The summed E-state index contributed by atoms with van der Waals surface area (Å²) in [7, 11) is 1.61. The third-order valence-corrected chi connectivity index (χ3v) is 3.08. The summed E-state index contributed by atoms with van der Waals surface area (Å²) in [5.41, 5.74) is 7.64. The fourth-order valence-corrected chi connectivity index (χ4v) is 2.03. The average Bonchev–Trinajstić information content (AvgIpc) is 2.82. The van der Waals surface area contributed by atoms with E-state index in [-0.39, 0.29) is 11.9 Å². The minimum absolute atomic E-state index is 0.0707. The first-order valence-corrected chi connectivity index (χ1v) is 6.63. The molecule has 0 aliphatic carbocycles. The number of benzene rings is 1. The zero-order valence-corrected chi connectivity index (χ0v) is 11.8. The molecule has 0 aliphatic rings. The van der Waals surface area contributed by atoms with E-state index in [0.717, 1.165) is 16.5 Å². The van der Waals surface area contributed by atoms with E-state index in [1.54, 1.807) is 13.2 Å². The molecule has 1 heterocycles. The standard InChI is InChI=1S/C15H20N2O3/c1-10-3-4-13-11(7-10)8-14(20-13)15(18)17-6-5-12(16)9-19-2/h3-4,7-8,12H,5-6,9,16H2,1-2H3,(H,17,18). The van der Waals surface area contributed by atoms with E-state index in [1.165, 1.54) is 0 Å². The minimum Gasteiger partial charge on any atom is -0.451 e. The highest BCUT2D eigenvalue weighted by atomic mass is 16.5. The number of fused-ring (bicyclic) bond motifs is 1. The summed E-state index contributed by atoms with van der Waals surface area (Å²) in [6, 6.07) is 7.50. The third-order valence-electron chi connectivity index (χ3n) is 3.08. The van der Waals surface area contributed by atoms with Gasteiger partial charge in [0.15, 0.2) is 5.76 Å². The molecule has 1 atom stereocenters. The van der Waals surface area contributed by atoms with Gasteiger partial charge in [-0.15, -0.1) is 0 Å². The molecule has 5 nitrogen and oxygen atoms in total. The number of methoxy groups -OCH3 is 1. The number of nitrogens with one attached hydrogen (secondary N) is 1. The second-order valence-corrected chi connectivity index (χ2v) is 4.91. The van der Waals surface area contributed by atoms with Crippen molar-refractivity contribution in [1.82, 2.24) is 5.32 Å². The van der Waals surface area contributed by atoms with Crippen LogP contribution in [-0.4, -0.2) is 32.2 Å². The van der Waals surface area contributed by atoms with Crippen LogP contribution in [0.3, 0.4) is 0 Å². The van der Waals surface area contributed by atoms with E-state index in [2.05, 4.69) is 5.32 Å². The smallest absolute Gasteiger partial charge is 0.287 e. The Hall–Kier alpha value is -1.85. The molecule has 5 heteroatoms. The Morgan fingerprint density at radius 2 is 2.25 bits per heavy atom. The Labute approximate surface area is 118 Å². The molecule has 0 saturated carbocycles. The quantitative estimate of drug-likeness (QED) is 0.844. The Balaban J connectivity index is 1.94. The molecule has 1 aromatic heterocycles. The van der Waals surface area contributed by atoms with E-state index in [1.807, 2.05) is 25.1 Å². The monoisotopic (exact) mass is 276 g/mol. The first kappa shape index (κ1) is 14.6. The minimum atomic E-state index is -0.219. The van der Waals surface area contributed by atoms with Gasteiger partial charge in [0, 0.05) is 25.1 Å². The number of rotatable bonds is 6. The zero-order valence-electron chi connectivity index (χ0n) is 11.8. The summed E-state index contributed by atoms with van der Waals surface area (Å²) in [6.45, 7) is 2.99. The van der Waals surface area contributed by atoms with Crippen LogP contribution in [0.4, 0.5) is 0 Å². The number of furan rings is 1. The molecule has 0 bridgehead atoms. The van der Waals surface area contributed by atoms with Crippen molar-refractivity contribution in [3.63, 3.8) is 0 Å². The lowest BCUT2D eigenvalue weighted by atomic mass is 10.2. The summed E-state index contributed by atoms with van der Waals surface area (Å²) < 4.78 is 10.5. The molecule has 0 fully saturated rings. The van der Waals surface area contributed by atoms with E-state index < -0.39 is 0 Å². The van der Waals surface area contributed by atoms with Crippen molar-refractivity contribution >= 4 is 16.9 Å². The van der Waals surface area contributed by atoms with Gasteiger partial charge in [0.2, 0.25) is 0 Å². The molecule has 0 radical (unpaired) electrons. The van der Waals surface area contributed by atoms with Crippen LogP contribution in [-0.2, 0) is 4.74 Å². The lowest BCUT2D eigenvalue weighted by Gasteiger charge is -2.10. The number of carbonyl (C=O) groups is 1. The van der Waals surface area contributed by atoms with Crippen molar-refractivity contribution < 1.29 is 13.9 Å². The Bertz CT molecular complexity index is 592. The van der Waals surface area contributed by atoms with Crippen LogP contribution in [0.25, 0.3) is 11.0 Å². The first-order valence-electron chi connectivity index (χ1n) is 6.63. The van der Waals surface area contributed by atoms with Gasteiger partial charge >= 0.3 is 0 Å². The molecule has 1 aromatic carbocycles. The Morgan fingerprint density at radius 3 is 3.00 bits per heavy atom. The molecule has 20 heavy (non-hydrogen) atoms. The summed E-state index contributed by atoms with van der Waals surface area (Å²) in [4.78, 5) is 12.0. The Morgan fingerprint density at radius 1 is 1.45 bits per heavy atom. The van der Waals surface area contributed by atoms with Crippen molar-refractivity contribution in [2.24, 2.45) is 5.73 Å². The molecule has 3 N–H and O–H groups in total. The van der Waals surface area contributed by atoms with Gasteiger partial charge in [-0.2, -0.15) is 0 Å². The van der Waals surface area contributed by atoms with Crippen molar-refractivity contribution in [3.05, 3.63) is 35.6 Å². The number of carbonyl (C=O) groups excluding carboxylic acids is 1. The number of amides is 1. The third kappa shape index (κ3) is 3.59. The fraction of sp³-hybridized carbons (Fsp3) is 0.400. The number of nitrogens with two attached hydrogens (primary N) is 1. The lowest BCUT2D eigenvalue weighted by molar-refractivity contribution is 0.0924. The van der Waals surface area contributed by atoms with Crippen LogP contribution in [0.5, 0.6) is 0 Å². The predicted octanol–water partition coefficient (Wildman–Crippen LogP) is 1.83. The van der Waals surface area contributed by atoms with Crippen LogP contribution in [0.1, 0.15) is 22.5 Å². The second-order valence-electron chi connectivity index (χ2n) is 4.91. The lowest BCUT2D eigenvalue weighted by Crippen LogP contribution is -2.32. The maximum Gasteiger partial charge on any atom is 0.287 e. The van der Waals surface area contributed by atoms with Crippen molar-refractivity contribution in [3.8, 4) is 0 Å². The molecule has 108 valence electrons. The van der Waals surface area contributed by atoms with Crippen LogP contribution >= 0.6 is 0 Å². The van der Waals surface area contributed by atoms with Gasteiger partial charge in [0.1, 0.15) is 5.58 Å². The highest BCUT2D eigenvalue weighted by Gasteiger charge is 2.12. The molecule has 2 aromatic rings. The van der Waals surface area contributed by atoms with Gasteiger partial charge in [-0.3, -0.25) is 4.79 Å². The zero-order chi connectivity index (χ0) is 14.5. The van der Waals surface area contributed by atoms with E-state index in [0.29, 0.717) is 25.3 Å². The van der Waals surface area contributed by atoms with Crippen molar-refractivity contribution in [2.45, 2.75) is 19.4 Å². The maximum atomic E-state index is 12.0. The summed E-state index contributed by atoms with van der Waals surface area (Å²) in [5.74, 6) is 0.106. The Kier molecular flexibility index (Phi) is 4.76. The summed E-state index contributed by atoms with van der Waals surface area (Å²) >= 11 is 0. The highest BCUT2D eigenvalue weighted by Crippen LogP contribution is 2.20. The van der Waals surface area contributed by atoms with Gasteiger partial charge in [-0.1, -0.05) is 11.6 Å². The van der Waals surface area contributed by atoms with Gasteiger partial charge in [0.05, 0.1) is 6.61 Å². The number of ether oxygens (including phenoxy) is 1. The molecule has 1 amide bonds. The molecule has 0 aliphatic heterocycles. The topological polar surface area (TPSA) is 77.5 Å². The first-order chi connectivity index (χ1) is 9.60. The van der Waals surface area contributed by atoms with Gasteiger partial charge in [0.25, 0.3) is 5.91 Å². The molecule has 0 saturated heterocycles. The van der Waals surface area contributed by atoms with Crippen LogP contribution < -0.4 is 11.1 Å². The van der Waals surface area contributed by atoms with Crippen molar-refractivity contribution in [1.29, 1.82) is 0 Å². The van der Waals surface area contributed by atoms with Gasteiger partial charge in [-0.25, -0.2) is 0 Å². The molecular weight excluding hydrogens is 256 g/mol. The second kappa shape index (κ2) is 6.54. The summed E-state index contributed by atoms with van der Waals surface area (Å²) in [6.07, 6.45) is 0.666. The van der Waals surface area contributed by atoms with Gasteiger partial charge in [-0.05, 0) is 31.5 Å². The maximum absolute atomic E-state index is 12.0. The fourth-order valence-electron chi connectivity index (χ4n) is 2.03. The number of hydrogen-bond acceptors (Lipinski definition) is 4. The van der Waals surface area contributed by atoms with Crippen LogP contribution in [0.15, 0.2) is 28.7 Å². The van der Waals surface area contributed by atoms with Crippen molar-refractivity contribution in [2.75, 3.05) is 20.3 Å². The molecular formula is C15H20N2O3. The molecule has 0 spiro atoms. The molecule has 2 rings (SSSR count). The largest absolute Gasteiger partial charge is 0.451 e. The predicted molar refractivity (Wildman–Crippen MR) is 77.8 cm³/mol.